The molecule has 0 atom stereocenters. The van der Waals surface area contributed by atoms with Crippen LogP contribution in [0.5, 0.6) is 5.75 Å². The number of phenolic OH excluding ortho intramolecular Hbond substituents is 1. The fourth-order valence-corrected chi connectivity index (χ4v) is 3.66. The van der Waals surface area contributed by atoms with Gasteiger partial charge in [0.2, 0.25) is 16.0 Å². The van der Waals surface area contributed by atoms with Crippen LogP contribution >= 0.6 is 11.8 Å². The number of rotatable bonds is 11. The molecule has 1 aromatic carbocycles. The highest BCUT2D eigenvalue weighted by Crippen LogP contribution is 2.15. The van der Waals surface area contributed by atoms with E-state index in [9.17, 15) is 13.5 Å². The SMILES string of the molecule is CNCc1ccc(CSCCN=C(NCCc2ccc(O)cc2)NS(C)(=O)=O)o1. The summed E-state index contributed by atoms with van der Waals surface area (Å²) in [5.41, 5.74) is 1.03. The highest BCUT2D eigenvalue weighted by molar-refractivity contribution is 7.98. The number of nitrogens with zero attached hydrogens (tertiary/aromatic N) is 1. The summed E-state index contributed by atoms with van der Waals surface area (Å²) < 4.78 is 31.2. The van der Waals surface area contributed by atoms with Crippen molar-refractivity contribution in [2.24, 2.45) is 4.99 Å². The summed E-state index contributed by atoms with van der Waals surface area (Å²) in [6, 6.07) is 10.8. The van der Waals surface area contributed by atoms with Crippen molar-refractivity contribution in [2.75, 3.05) is 32.1 Å². The number of hydrogen-bond donors (Lipinski definition) is 4. The Morgan fingerprint density at radius 3 is 2.59 bits per heavy atom. The zero-order valence-corrected chi connectivity index (χ0v) is 18.3. The molecule has 0 aliphatic carbocycles. The van der Waals surface area contributed by atoms with E-state index in [-0.39, 0.29) is 11.7 Å². The number of thioether (sulfide) groups is 1. The van der Waals surface area contributed by atoms with E-state index in [0.29, 0.717) is 26.1 Å². The molecule has 1 aromatic heterocycles. The van der Waals surface area contributed by atoms with Crippen LogP contribution in [-0.2, 0) is 28.7 Å². The Morgan fingerprint density at radius 1 is 1.17 bits per heavy atom. The Balaban J connectivity index is 1.77. The second-order valence-corrected chi connectivity index (χ2v) is 9.25. The first-order valence-corrected chi connectivity index (χ1v) is 12.2. The van der Waals surface area contributed by atoms with Gasteiger partial charge in [-0.15, -0.1) is 0 Å². The van der Waals surface area contributed by atoms with E-state index >= 15 is 0 Å². The summed E-state index contributed by atoms with van der Waals surface area (Å²) in [7, 11) is -1.55. The summed E-state index contributed by atoms with van der Waals surface area (Å²) in [5, 5.41) is 15.4. The van der Waals surface area contributed by atoms with Gasteiger partial charge in [-0.2, -0.15) is 11.8 Å². The van der Waals surface area contributed by atoms with Gasteiger partial charge in [0.25, 0.3) is 0 Å². The molecule has 0 aliphatic rings. The molecule has 4 N–H and O–H groups in total. The second kappa shape index (κ2) is 11.7. The predicted molar refractivity (Wildman–Crippen MR) is 118 cm³/mol. The average Bonchev–Trinajstić information content (AvgIpc) is 3.09. The summed E-state index contributed by atoms with van der Waals surface area (Å²) in [6.07, 6.45) is 1.77. The number of aliphatic imine (C=N–C) groups is 1. The van der Waals surface area contributed by atoms with Crippen molar-refractivity contribution in [1.82, 2.24) is 15.4 Å². The van der Waals surface area contributed by atoms with Gasteiger partial charge in [-0.25, -0.2) is 8.42 Å². The largest absolute Gasteiger partial charge is 0.508 e. The molecular formula is C19H28N4O4S2. The zero-order chi connectivity index (χ0) is 21.1. The minimum Gasteiger partial charge on any atom is -0.508 e. The Kier molecular flexibility index (Phi) is 9.36. The maximum atomic E-state index is 11.6. The highest BCUT2D eigenvalue weighted by Gasteiger charge is 2.06. The van der Waals surface area contributed by atoms with Gasteiger partial charge in [-0.05, 0) is 43.3 Å². The van der Waals surface area contributed by atoms with Crippen LogP contribution in [0.2, 0.25) is 0 Å². The minimum atomic E-state index is -3.42. The first kappa shape index (κ1) is 23.1. The van der Waals surface area contributed by atoms with Crippen LogP contribution in [0.4, 0.5) is 0 Å². The Hall–Kier alpha value is -2.17. The van der Waals surface area contributed by atoms with Crippen LogP contribution in [0.3, 0.4) is 0 Å². The number of guanidine groups is 1. The van der Waals surface area contributed by atoms with Crippen molar-refractivity contribution in [3.05, 3.63) is 53.5 Å². The molecule has 2 rings (SSSR count). The normalized spacial score (nSPS) is 12.1. The van der Waals surface area contributed by atoms with E-state index < -0.39 is 10.0 Å². The van der Waals surface area contributed by atoms with E-state index in [2.05, 4.69) is 20.3 Å². The fraction of sp³-hybridized carbons (Fsp3) is 0.421. The van der Waals surface area contributed by atoms with Gasteiger partial charge < -0.3 is 20.2 Å². The van der Waals surface area contributed by atoms with E-state index in [1.807, 2.05) is 31.3 Å². The molecule has 0 saturated carbocycles. The van der Waals surface area contributed by atoms with E-state index in [1.165, 1.54) is 0 Å². The average molecular weight is 441 g/mol. The summed E-state index contributed by atoms with van der Waals surface area (Å²) in [5.74, 6) is 3.73. The van der Waals surface area contributed by atoms with E-state index in [0.717, 1.165) is 34.8 Å². The molecule has 0 unspecified atom stereocenters. The van der Waals surface area contributed by atoms with Gasteiger partial charge in [0.1, 0.15) is 17.3 Å². The first-order valence-electron chi connectivity index (χ1n) is 9.19. The van der Waals surface area contributed by atoms with Gasteiger partial charge >= 0.3 is 0 Å². The zero-order valence-electron chi connectivity index (χ0n) is 16.6. The summed E-state index contributed by atoms with van der Waals surface area (Å²) in [4.78, 5) is 4.33. The first-order chi connectivity index (χ1) is 13.9. The molecule has 0 aliphatic heterocycles. The van der Waals surface area contributed by atoms with Crippen molar-refractivity contribution in [2.45, 2.75) is 18.7 Å². The van der Waals surface area contributed by atoms with Crippen LogP contribution in [0.15, 0.2) is 45.8 Å². The third-order valence-electron chi connectivity index (χ3n) is 3.74. The molecule has 29 heavy (non-hydrogen) atoms. The number of benzene rings is 1. The molecule has 2 aromatic rings. The molecule has 0 fully saturated rings. The van der Waals surface area contributed by atoms with Crippen LogP contribution in [0, 0.1) is 0 Å². The third kappa shape index (κ3) is 9.73. The fourth-order valence-electron chi connectivity index (χ4n) is 2.45. The van der Waals surface area contributed by atoms with Gasteiger partial charge in [0, 0.05) is 12.3 Å². The lowest BCUT2D eigenvalue weighted by Gasteiger charge is -2.11. The molecule has 0 saturated heterocycles. The molecule has 0 bridgehead atoms. The van der Waals surface area contributed by atoms with Gasteiger partial charge in [-0.1, -0.05) is 12.1 Å². The molecule has 1 heterocycles. The number of furan rings is 1. The Bertz CT molecular complexity index is 880. The molecule has 160 valence electrons. The third-order valence-corrected chi connectivity index (χ3v) is 5.27. The quantitative estimate of drug-likeness (QED) is 0.239. The van der Waals surface area contributed by atoms with Crippen molar-refractivity contribution in [3.8, 4) is 5.75 Å². The lowest BCUT2D eigenvalue weighted by molar-refractivity contribution is 0.469. The Morgan fingerprint density at radius 2 is 1.90 bits per heavy atom. The maximum Gasteiger partial charge on any atom is 0.232 e. The lowest BCUT2D eigenvalue weighted by atomic mass is 10.1. The summed E-state index contributed by atoms with van der Waals surface area (Å²) in [6.45, 7) is 1.68. The number of hydrogen-bond acceptors (Lipinski definition) is 7. The Labute approximate surface area is 176 Å². The highest BCUT2D eigenvalue weighted by atomic mass is 32.2. The van der Waals surface area contributed by atoms with Crippen molar-refractivity contribution >= 4 is 27.7 Å². The molecule has 10 heteroatoms. The van der Waals surface area contributed by atoms with Gasteiger partial charge in [-0.3, -0.25) is 9.71 Å². The number of sulfonamides is 1. The van der Waals surface area contributed by atoms with E-state index in [4.69, 9.17) is 4.42 Å². The van der Waals surface area contributed by atoms with Gasteiger partial charge in [0.15, 0.2) is 0 Å². The number of phenols is 1. The topological polar surface area (TPSA) is 116 Å². The standard InChI is InChI=1S/C19H28N4O4S2/c1-20-13-17-7-8-18(27-17)14-28-12-11-22-19(23-29(2,25)26)21-10-9-15-3-5-16(24)6-4-15/h3-8,20,24H,9-14H2,1-2H3,(H2,21,22,23). The molecule has 8 nitrogen and oxygen atoms in total. The van der Waals surface area contributed by atoms with Gasteiger partial charge in [0.05, 0.1) is 25.1 Å². The molecule has 0 radical (unpaired) electrons. The number of nitrogens with one attached hydrogen (secondary N) is 3. The smallest absolute Gasteiger partial charge is 0.232 e. The van der Waals surface area contributed by atoms with Crippen molar-refractivity contribution in [3.63, 3.8) is 0 Å². The molecule has 0 spiro atoms. The summed E-state index contributed by atoms with van der Waals surface area (Å²) >= 11 is 1.67. The van der Waals surface area contributed by atoms with E-state index in [1.54, 1.807) is 23.9 Å². The molecular weight excluding hydrogens is 412 g/mol. The van der Waals surface area contributed by atoms with Crippen LogP contribution in [0.25, 0.3) is 0 Å². The van der Waals surface area contributed by atoms with Crippen LogP contribution < -0.4 is 15.4 Å². The molecule has 0 amide bonds. The minimum absolute atomic E-state index is 0.216. The number of aromatic hydroxyl groups is 1. The predicted octanol–water partition coefficient (Wildman–Crippen LogP) is 1.68. The lowest BCUT2D eigenvalue weighted by Crippen LogP contribution is -2.41. The second-order valence-electron chi connectivity index (χ2n) is 6.40. The maximum absolute atomic E-state index is 11.6. The van der Waals surface area contributed by atoms with Crippen LogP contribution in [0.1, 0.15) is 17.1 Å². The van der Waals surface area contributed by atoms with Crippen LogP contribution in [-0.4, -0.2) is 51.6 Å². The van der Waals surface area contributed by atoms with Crippen molar-refractivity contribution in [1.29, 1.82) is 0 Å². The monoisotopic (exact) mass is 440 g/mol. The van der Waals surface area contributed by atoms with Crippen molar-refractivity contribution < 1.29 is 17.9 Å².